The molecular formula is C13H20N2O3S. The molecule has 2 rings (SSSR count). The molecular weight excluding hydrogens is 264 g/mol. The van der Waals surface area contributed by atoms with Crippen LogP contribution in [0.3, 0.4) is 0 Å². The molecule has 0 radical (unpaired) electrons. The SMILES string of the molecule is CC1(CNc2ccc(CNS(C)(=O)=O)cc2)COC1. The average molecular weight is 284 g/mol. The van der Waals surface area contributed by atoms with Crippen molar-refractivity contribution in [1.29, 1.82) is 0 Å². The summed E-state index contributed by atoms with van der Waals surface area (Å²) in [5, 5.41) is 3.37. The van der Waals surface area contributed by atoms with Crippen LogP contribution in [0.4, 0.5) is 5.69 Å². The molecule has 1 saturated heterocycles. The molecule has 0 unspecified atom stereocenters. The molecule has 1 heterocycles. The van der Waals surface area contributed by atoms with Crippen LogP contribution < -0.4 is 10.0 Å². The van der Waals surface area contributed by atoms with Crippen LogP contribution in [-0.2, 0) is 21.3 Å². The average Bonchev–Trinajstić information content (AvgIpc) is 2.32. The van der Waals surface area contributed by atoms with Crippen molar-refractivity contribution in [3.63, 3.8) is 0 Å². The van der Waals surface area contributed by atoms with E-state index in [1.807, 2.05) is 24.3 Å². The van der Waals surface area contributed by atoms with Crippen molar-refractivity contribution in [2.24, 2.45) is 5.41 Å². The highest BCUT2D eigenvalue weighted by Crippen LogP contribution is 2.26. The summed E-state index contributed by atoms with van der Waals surface area (Å²) in [6, 6.07) is 7.75. The van der Waals surface area contributed by atoms with Gasteiger partial charge in [0.05, 0.1) is 19.5 Å². The minimum absolute atomic E-state index is 0.233. The van der Waals surface area contributed by atoms with Crippen molar-refractivity contribution in [3.05, 3.63) is 29.8 Å². The van der Waals surface area contributed by atoms with Gasteiger partial charge in [0.25, 0.3) is 0 Å². The monoisotopic (exact) mass is 284 g/mol. The topological polar surface area (TPSA) is 67.4 Å². The number of nitrogens with one attached hydrogen (secondary N) is 2. The van der Waals surface area contributed by atoms with Gasteiger partial charge in [-0.3, -0.25) is 0 Å². The number of rotatable bonds is 6. The largest absolute Gasteiger partial charge is 0.384 e. The van der Waals surface area contributed by atoms with Crippen LogP contribution in [0, 0.1) is 5.41 Å². The number of ether oxygens (including phenoxy) is 1. The van der Waals surface area contributed by atoms with E-state index in [0.29, 0.717) is 6.54 Å². The summed E-state index contributed by atoms with van der Waals surface area (Å²) in [5.74, 6) is 0. The Bertz CT molecular complexity index is 521. The molecule has 0 saturated carbocycles. The second-order valence-electron chi connectivity index (χ2n) is 5.45. The Balaban J connectivity index is 1.84. The number of sulfonamides is 1. The third-order valence-electron chi connectivity index (χ3n) is 3.11. The molecule has 0 spiro atoms. The molecule has 0 amide bonds. The van der Waals surface area contributed by atoms with E-state index in [2.05, 4.69) is 17.0 Å². The van der Waals surface area contributed by atoms with Crippen LogP contribution in [0.1, 0.15) is 12.5 Å². The second kappa shape index (κ2) is 5.48. The molecule has 1 aromatic rings. The van der Waals surface area contributed by atoms with Crippen molar-refractivity contribution >= 4 is 15.7 Å². The lowest BCUT2D eigenvalue weighted by molar-refractivity contribution is -0.0924. The van der Waals surface area contributed by atoms with Crippen LogP contribution in [0.25, 0.3) is 0 Å². The van der Waals surface area contributed by atoms with Gasteiger partial charge in [0.2, 0.25) is 10.0 Å². The summed E-state index contributed by atoms with van der Waals surface area (Å²) in [6.07, 6.45) is 1.16. The molecule has 0 atom stereocenters. The van der Waals surface area contributed by atoms with Crippen molar-refractivity contribution < 1.29 is 13.2 Å². The smallest absolute Gasteiger partial charge is 0.209 e. The number of benzene rings is 1. The highest BCUT2D eigenvalue weighted by Gasteiger charge is 2.32. The molecule has 2 N–H and O–H groups in total. The molecule has 6 heteroatoms. The van der Waals surface area contributed by atoms with Gasteiger partial charge < -0.3 is 10.1 Å². The van der Waals surface area contributed by atoms with Gasteiger partial charge in [-0.1, -0.05) is 19.1 Å². The maximum atomic E-state index is 11.0. The van der Waals surface area contributed by atoms with Crippen LogP contribution in [0.15, 0.2) is 24.3 Å². The molecule has 19 heavy (non-hydrogen) atoms. The van der Waals surface area contributed by atoms with E-state index in [0.717, 1.165) is 37.3 Å². The van der Waals surface area contributed by atoms with E-state index in [9.17, 15) is 8.42 Å². The van der Waals surface area contributed by atoms with Crippen LogP contribution in [0.2, 0.25) is 0 Å². The van der Waals surface area contributed by atoms with Crippen molar-refractivity contribution in [1.82, 2.24) is 4.72 Å². The fourth-order valence-electron chi connectivity index (χ4n) is 1.82. The van der Waals surface area contributed by atoms with Gasteiger partial charge in [0, 0.05) is 24.2 Å². The van der Waals surface area contributed by atoms with Gasteiger partial charge in [-0.25, -0.2) is 13.1 Å². The highest BCUT2D eigenvalue weighted by atomic mass is 32.2. The van der Waals surface area contributed by atoms with E-state index >= 15 is 0 Å². The van der Waals surface area contributed by atoms with Gasteiger partial charge in [-0.2, -0.15) is 0 Å². The Labute approximate surface area is 114 Å². The van der Waals surface area contributed by atoms with Gasteiger partial charge >= 0.3 is 0 Å². The van der Waals surface area contributed by atoms with E-state index in [4.69, 9.17) is 4.74 Å². The first-order valence-electron chi connectivity index (χ1n) is 6.22. The summed E-state index contributed by atoms with van der Waals surface area (Å²) >= 11 is 0. The van der Waals surface area contributed by atoms with Crippen LogP contribution in [-0.4, -0.2) is 34.4 Å². The molecule has 0 aliphatic carbocycles. The minimum Gasteiger partial charge on any atom is -0.384 e. The first-order valence-corrected chi connectivity index (χ1v) is 8.11. The fraction of sp³-hybridized carbons (Fsp3) is 0.538. The number of hydrogen-bond acceptors (Lipinski definition) is 4. The van der Waals surface area contributed by atoms with E-state index < -0.39 is 10.0 Å². The van der Waals surface area contributed by atoms with Crippen molar-refractivity contribution in [2.75, 3.05) is 31.3 Å². The molecule has 0 aromatic heterocycles. The Morgan fingerprint density at radius 3 is 2.37 bits per heavy atom. The third-order valence-corrected chi connectivity index (χ3v) is 3.78. The summed E-state index contributed by atoms with van der Waals surface area (Å²) in [4.78, 5) is 0. The molecule has 1 aliphatic heterocycles. The summed E-state index contributed by atoms with van der Waals surface area (Å²) in [5.41, 5.74) is 2.21. The Morgan fingerprint density at radius 2 is 1.89 bits per heavy atom. The maximum absolute atomic E-state index is 11.0. The highest BCUT2D eigenvalue weighted by molar-refractivity contribution is 7.88. The first-order chi connectivity index (χ1) is 8.86. The first kappa shape index (κ1) is 14.3. The predicted molar refractivity (Wildman–Crippen MR) is 75.5 cm³/mol. The zero-order valence-electron chi connectivity index (χ0n) is 11.3. The zero-order valence-corrected chi connectivity index (χ0v) is 12.1. The molecule has 5 nitrogen and oxygen atoms in total. The standard InChI is InChI=1S/C13H20N2O3S/c1-13(9-18-10-13)8-14-12-5-3-11(4-6-12)7-15-19(2,16)17/h3-6,14-15H,7-10H2,1-2H3. The third kappa shape index (κ3) is 4.49. The predicted octanol–water partition coefficient (Wildman–Crippen LogP) is 1.18. The molecule has 106 valence electrons. The Hall–Kier alpha value is -1.11. The fourth-order valence-corrected chi connectivity index (χ4v) is 2.25. The molecule has 1 fully saturated rings. The van der Waals surface area contributed by atoms with E-state index in [-0.39, 0.29) is 5.41 Å². The lowest BCUT2D eigenvalue weighted by Crippen LogP contribution is -2.45. The summed E-state index contributed by atoms with van der Waals surface area (Å²) in [7, 11) is -3.14. The molecule has 0 bridgehead atoms. The minimum atomic E-state index is -3.14. The van der Waals surface area contributed by atoms with Crippen LogP contribution >= 0.6 is 0 Å². The number of anilines is 1. The van der Waals surface area contributed by atoms with Crippen LogP contribution in [0.5, 0.6) is 0 Å². The van der Waals surface area contributed by atoms with Gasteiger partial charge in [-0.05, 0) is 17.7 Å². The van der Waals surface area contributed by atoms with E-state index in [1.165, 1.54) is 0 Å². The van der Waals surface area contributed by atoms with E-state index in [1.54, 1.807) is 0 Å². The maximum Gasteiger partial charge on any atom is 0.209 e. The molecule has 1 aromatic carbocycles. The summed E-state index contributed by atoms with van der Waals surface area (Å²) < 4.78 is 29.6. The van der Waals surface area contributed by atoms with Gasteiger partial charge in [0.15, 0.2) is 0 Å². The Kier molecular flexibility index (Phi) is 4.13. The normalized spacial score (nSPS) is 17.8. The second-order valence-corrected chi connectivity index (χ2v) is 7.28. The lowest BCUT2D eigenvalue weighted by Gasteiger charge is -2.38. The quantitative estimate of drug-likeness (QED) is 0.823. The van der Waals surface area contributed by atoms with Gasteiger partial charge in [0.1, 0.15) is 0 Å². The van der Waals surface area contributed by atoms with Crippen molar-refractivity contribution in [2.45, 2.75) is 13.5 Å². The number of hydrogen-bond donors (Lipinski definition) is 2. The van der Waals surface area contributed by atoms with Gasteiger partial charge in [-0.15, -0.1) is 0 Å². The summed E-state index contributed by atoms with van der Waals surface area (Å²) in [6.45, 7) is 5.00. The molecule has 1 aliphatic rings. The van der Waals surface area contributed by atoms with Crippen molar-refractivity contribution in [3.8, 4) is 0 Å². The zero-order chi connectivity index (χ0) is 13.9. The lowest BCUT2D eigenvalue weighted by atomic mass is 9.89. The Morgan fingerprint density at radius 1 is 1.26 bits per heavy atom.